The van der Waals surface area contributed by atoms with Gasteiger partial charge in [-0.1, -0.05) is 48.2 Å². The van der Waals surface area contributed by atoms with Gasteiger partial charge in [-0.3, -0.25) is 9.59 Å². The minimum atomic E-state index is -0.681. The molecule has 0 atom stereocenters. The fraction of sp³-hybridized carbons (Fsp3) is 0.0909. The molecule has 4 aromatic rings. The molecule has 9 heteroatoms. The van der Waals surface area contributed by atoms with Crippen molar-refractivity contribution >= 4 is 23.4 Å². The number of para-hydroxylation sites is 2. The molecular weight excluding hydrogens is 414 g/mol. The number of hydrogen-bond donors (Lipinski definition) is 2. The summed E-state index contributed by atoms with van der Waals surface area (Å²) in [6, 6.07) is 16.9. The van der Waals surface area contributed by atoms with Gasteiger partial charge in [-0.15, -0.1) is 0 Å². The maximum atomic E-state index is 12.8. The van der Waals surface area contributed by atoms with Crippen molar-refractivity contribution in [2.45, 2.75) is 11.7 Å². The van der Waals surface area contributed by atoms with E-state index in [-0.39, 0.29) is 5.69 Å². The van der Waals surface area contributed by atoms with Crippen LogP contribution in [0.4, 0.5) is 5.69 Å². The van der Waals surface area contributed by atoms with E-state index in [0.29, 0.717) is 11.4 Å². The number of aromatic amines is 1. The molecule has 1 aliphatic rings. The van der Waals surface area contributed by atoms with Gasteiger partial charge in [0.05, 0.1) is 17.1 Å². The monoisotopic (exact) mass is 431 g/mol. The molecular formula is C22H17N5O3S. The SMILES string of the molecule is O=C(Nc1ccccc1-c1cn2c(n1)SCC2)c1cc(=O)n(-c2ccccc2)c(=O)[nH]1. The van der Waals surface area contributed by atoms with Gasteiger partial charge in [-0.05, 0) is 18.2 Å². The first kappa shape index (κ1) is 19.1. The number of aromatic nitrogens is 4. The molecule has 1 aliphatic heterocycles. The maximum absolute atomic E-state index is 12.8. The fourth-order valence-corrected chi connectivity index (χ4v) is 4.43. The van der Waals surface area contributed by atoms with Crippen molar-refractivity contribution < 1.29 is 4.79 Å². The Bertz CT molecular complexity index is 1350. The lowest BCUT2D eigenvalue weighted by Crippen LogP contribution is -2.35. The Labute approximate surface area is 180 Å². The molecule has 0 bridgehead atoms. The number of nitrogens with zero attached hydrogens (tertiary/aromatic N) is 3. The lowest BCUT2D eigenvalue weighted by molar-refractivity contribution is 0.102. The van der Waals surface area contributed by atoms with Gasteiger partial charge in [0.1, 0.15) is 5.69 Å². The van der Waals surface area contributed by atoms with Gasteiger partial charge in [0, 0.05) is 30.1 Å². The zero-order valence-electron chi connectivity index (χ0n) is 16.2. The summed E-state index contributed by atoms with van der Waals surface area (Å²) in [5.74, 6) is 0.422. The molecule has 0 radical (unpaired) electrons. The van der Waals surface area contributed by atoms with Gasteiger partial charge in [-0.25, -0.2) is 14.3 Å². The van der Waals surface area contributed by atoms with Gasteiger partial charge in [0.15, 0.2) is 5.16 Å². The standard InChI is InChI=1S/C22H17N5O3S/c28-19-12-17(24-21(30)27(19)14-6-2-1-3-7-14)20(29)23-16-9-5-4-8-15(16)18-13-26-10-11-31-22(26)25-18/h1-9,12-13H,10-11H2,(H,23,29)(H,24,30). The van der Waals surface area contributed by atoms with Gasteiger partial charge < -0.3 is 14.9 Å². The van der Waals surface area contributed by atoms with Crippen LogP contribution in [-0.2, 0) is 6.54 Å². The highest BCUT2D eigenvalue weighted by atomic mass is 32.2. The van der Waals surface area contributed by atoms with Crippen molar-refractivity contribution in [1.29, 1.82) is 0 Å². The number of carbonyl (C=O) groups excluding carboxylic acids is 1. The molecule has 0 spiro atoms. The van der Waals surface area contributed by atoms with Crippen molar-refractivity contribution in [3.8, 4) is 16.9 Å². The molecule has 0 unspecified atom stereocenters. The lowest BCUT2D eigenvalue weighted by Gasteiger charge is -2.10. The predicted octanol–water partition coefficient (Wildman–Crippen LogP) is 2.75. The maximum Gasteiger partial charge on any atom is 0.333 e. The second-order valence-electron chi connectivity index (χ2n) is 6.95. The Balaban J connectivity index is 1.46. The number of carbonyl (C=O) groups is 1. The van der Waals surface area contributed by atoms with Crippen LogP contribution in [0.15, 0.2) is 81.6 Å². The molecule has 0 saturated carbocycles. The number of amides is 1. The van der Waals surface area contributed by atoms with Crippen molar-refractivity contribution in [2.75, 3.05) is 11.1 Å². The Morgan fingerprint density at radius 3 is 2.61 bits per heavy atom. The van der Waals surface area contributed by atoms with E-state index >= 15 is 0 Å². The fourth-order valence-electron chi connectivity index (χ4n) is 3.48. The first-order valence-electron chi connectivity index (χ1n) is 9.63. The topological polar surface area (TPSA) is 102 Å². The summed E-state index contributed by atoms with van der Waals surface area (Å²) in [5, 5.41) is 3.74. The minimum absolute atomic E-state index is 0.111. The zero-order valence-corrected chi connectivity index (χ0v) is 17.1. The summed E-state index contributed by atoms with van der Waals surface area (Å²) < 4.78 is 3.06. The predicted molar refractivity (Wildman–Crippen MR) is 119 cm³/mol. The third-order valence-corrected chi connectivity index (χ3v) is 5.92. The average molecular weight is 431 g/mol. The number of fused-ring (bicyclic) bond motifs is 1. The van der Waals surface area contributed by atoms with E-state index in [9.17, 15) is 14.4 Å². The van der Waals surface area contributed by atoms with Crippen LogP contribution < -0.4 is 16.6 Å². The number of aryl methyl sites for hydroxylation is 1. The first-order valence-corrected chi connectivity index (χ1v) is 10.6. The molecule has 0 fully saturated rings. The van der Waals surface area contributed by atoms with Crippen LogP contribution >= 0.6 is 11.8 Å². The number of benzene rings is 2. The van der Waals surface area contributed by atoms with Crippen LogP contribution in [0.1, 0.15) is 10.5 Å². The number of imidazole rings is 1. The molecule has 0 aliphatic carbocycles. The van der Waals surface area contributed by atoms with E-state index in [2.05, 4.69) is 19.9 Å². The van der Waals surface area contributed by atoms with Crippen LogP contribution in [-0.4, -0.2) is 30.8 Å². The third-order valence-electron chi connectivity index (χ3n) is 4.95. The summed E-state index contributed by atoms with van der Waals surface area (Å²) >= 11 is 1.69. The van der Waals surface area contributed by atoms with Gasteiger partial charge in [0.2, 0.25) is 0 Å². The van der Waals surface area contributed by atoms with Crippen LogP contribution in [0.3, 0.4) is 0 Å². The Hall–Kier alpha value is -3.85. The molecule has 31 heavy (non-hydrogen) atoms. The number of H-pyrrole nitrogens is 1. The normalized spacial score (nSPS) is 12.5. The second-order valence-corrected chi connectivity index (χ2v) is 8.01. The third kappa shape index (κ3) is 3.59. The highest BCUT2D eigenvalue weighted by Crippen LogP contribution is 2.32. The van der Waals surface area contributed by atoms with Crippen molar-refractivity contribution in [3.63, 3.8) is 0 Å². The van der Waals surface area contributed by atoms with Gasteiger partial charge in [0.25, 0.3) is 11.5 Å². The summed E-state index contributed by atoms with van der Waals surface area (Å²) in [6.07, 6.45) is 1.96. The Morgan fingerprint density at radius 2 is 1.84 bits per heavy atom. The van der Waals surface area contributed by atoms with Crippen molar-refractivity contribution in [1.82, 2.24) is 19.1 Å². The summed E-state index contributed by atoms with van der Waals surface area (Å²) in [6.45, 7) is 0.903. The summed E-state index contributed by atoms with van der Waals surface area (Å²) in [4.78, 5) is 45.0. The average Bonchev–Trinajstić information content (AvgIpc) is 3.37. The molecule has 0 saturated heterocycles. The highest BCUT2D eigenvalue weighted by Gasteiger charge is 2.19. The van der Waals surface area contributed by atoms with Gasteiger partial charge >= 0.3 is 5.69 Å². The van der Waals surface area contributed by atoms with E-state index in [1.807, 2.05) is 18.3 Å². The first-order chi connectivity index (χ1) is 15.1. The Morgan fingerprint density at radius 1 is 1.06 bits per heavy atom. The van der Waals surface area contributed by atoms with E-state index in [4.69, 9.17) is 0 Å². The quantitative estimate of drug-likeness (QED) is 0.517. The van der Waals surface area contributed by atoms with Crippen LogP contribution in [0.25, 0.3) is 16.9 Å². The van der Waals surface area contributed by atoms with Crippen molar-refractivity contribution in [3.05, 3.63) is 93.4 Å². The molecule has 2 aromatic heterocycles. The number of thioether (sulfide) groups is 1. The van der Waals surface area contributed by atoms with Crippen LogP contribution in [0.2, 0.25) is 0 Å². The largest absolute Gasteiger partial charge is 0.333 e. The number of rotatable bonds is 4. The Kier molecular flexibility index (Phi) is 4.79. The summed E-state index contributed by atoms with van der Waals surface area (Å²) in [5.41, 5.74) is 1.11. The second kappa shape index (κ2) is 7.77. The molecule has 5 rings (SSSR count). The summed E-state index contributed by atoms with van der Waals surface area (Å²) in [7, 11) is 0. The van der Waals surface area contributed by atoms with Crippen LogP contribution in [0.5, 0.6) is 0 Å². The number of nitrogens with one attached hydrogen (secondary N) is 2. The molecule has 2 aromatic carbocycles. The van der Waals surface area contributed by atoms with Gasteiger partial charge in [-0.2, -0.15) is 0 Å². The smallest absolute Gasteiger partial charge is 0.325 e. The molecule has 2 N–H and O–H groups in total. The molecule has 8 nitrogen and oxygen atoms in total. The zero-order chi connectivity index (χ0) is 21.4. The number of hydrogen-bond acceptors (Lipinski definition) is 5. The number of anilines is 1. The van der Waals surface area contributed by atoms with E-state index < -0.39 is 17.2 Å². The lowest BCUT2D eigenvalue weighted by atomic mass is 10.1. The molecule has 3 heterocycles. The van der Waals surface area contributed by atoms with E-state index in [0.717, 1.165) is 39.3 Å². The van der Waals surface area contributed by atoms with Crippen LogP contribution in [0, 0.1) is 0 Å². The molecule has 154 valence electrons. The van der Waals surface area contributed by atoms with E-state index in [1.165, 1.54) is 0 Å². The highest BCUT2D eigenvalue weighted by molar-refractivity contribution is 7.99. The minimum Gasteiger partial charge on any atom is -0.325 e. The van der Waals surface area contributed by atoms with E-state index in [1.54, 1.807) is 54.2 Å². The molecule has 1 amide bonds. The van der Waals surface area contributed by atoms with Crippen molar-refractivity contribution in [2.24, 2.45) is 0 Å².